The molecule has 0 saturated heterocycles. The van der Waals surface area contributed by atoms with Gasteiger partial charge in [-0.1, -0.05) is 115 Å². The smallest absolute Gasteiger partial charge is 0.417 e. The number of esters is 6. The first-order valence-electron chi connectivity index (χ1n) is 28.8. The lowest BCUT2D eigenvalue weighted by atomic mass is 9.87. The van der Waals surface area contributed by atoms with Gasteiger partial charge in [-0.3, -0.25) is 0 Å². The number of hydrogen-bond acceptors (Lipinski definition) is 16. The summed E-state index contributed by atoms with van der Waals surface area (Å²) in [5.41, 5.74) is 11.6. The molecule has 4 aromatic carbocycles. The van der Waals surface area contributed by atoms with E-state index in [1.54, 1.807) is 13.8 Å². The van der Waals surface area contributed by atoms with E-state index in [2.05, 4.69) is 98.9 Å². The molecule has 1 aliphatic rings. The Hall–Kier alpha value is -7.62. The van der Waals surface area contributed by atoms with Crippen LogP contribution in [0.1, 0.15) is 160 Å². The van der Waals surface area contributed by atoms with Gasteiger partial charge in [0.25, 0.3) is 0 Å². The van der Waals surface area contributed by atoms with Crippen LogP contribution in [0.15, 0.2) is 72.8 Å². The van der Waals surface area contributed by atoms with Crippen molar-refractivity contribution >= 4 is 35.8 Å². The molecule has 8 bridgehead atoms. The highest BCUT2D eigenvalue weighted by atomic mass is 16.6. The standard InChI is InChI=1S/C66H84O16/c1-11-15-19-45-31-49-39-50-32-46(20-16-12-2)34-52(58(50)76-24-28-80-62(68)44(7)8)41-54-36-48(22-18-14-4)38-56(60(54)78-26-30-82-66(72)64(70)74-10)42-55-37-47(21-17-13-3)35-53(59(55)77-25-29-81-65(71)63(69)73-9)40-51(33-45)57(49)75-23-27-79-61(67)43(5)6/h31-38H,5,7,11-30,39-42H2,1-4,6,8-10H3. The van der Waals surface area contributed by atoms with E-state index >= 15 is 0 Å². The fourth-order valence-electron chi connectivity index (χ4n) is 9.66. The molecule has 16 nitrogen and oxygen atoms in total. The predicted octanol–water partition coefficient (Wildman–Crippen LogP) is 10.9. The third-order valence-corrected chi connectivity index (χ3v) is 13.7. The van der Waals surface area contributed by atoms with Crippen LogP contribution in [-0.2, 0) is 109 Å². The minimum absolute atomic E-state index is 0.0307. The Morgan fingerprint density at radius 3 is 0.732 bits per heavy atom. The molecule has 0 heterocycles. The maximum absolute atomic E-state index is 12.7. The summed E-state index contributed by atoms with van der Waals surface area (Å²) < 4.78 is 58.3. The normalized spacial score (nSPS) is 11.6. The lowest BCUT2D eigenvalue weighted by Crippen LogP contribution is -2.22. The number of fused-ring (bicyclic) bond motifs is 8. The summed E-state index contributed by atoms with van der Waals surface area (Å²) >= 11 is 0. The fourth-order valence-corrected chi connectivity index (χ4v) is 9.66. The summed E-state index contributed by atoms with van der Waals surface area (Å²) in [6, 6.07) is 17.3. The molecule has 0 saturated carbocycles. The van der Waals surface area contributed by atoms with E-state index in [0.717, 1.165) is 158 Å². The van der Waals surface area contributed by atoms with Crippen molar-refractivity contribution in [3.8, 4) is 23.0 Å². The molecule has 0 spiro atoms. The summed E-state index contributed by atoms with van der Waals surface area (Å²) in [4.78, 5) is 74.6. The number of aryl methyl sites for hydroxylation is 4. The van der Waals surface area contributed by atoms with Gasteiger partial charge < -0.3 is 47.4 Å². The summed E-state index contributed by atoms with van der Waals surface area (Å²) in [7, 11) is 2.21. The predicted molar refractivity (Wildman–Crippen MR) is 311 cm³/mol. The fraction of sp³-hybridized carbons (Fsp3) is 0.485. The monoisotopic (exact) mass is 1130 g/mol. The molecule has 1 aliphatic carbocycles. The molecule has 0 radical (unpaired) electrons. The zero-order valence-corrected chi connectivity index (χ0v) is 49.5. The number of ether oxygens (including phenoxy) is 10. The molecule has 0 fully saturated rings. The average Bonchev–Trinajstić information content (AvgIpc) is 3.63. The first-order chi connectivity index (χ1) is 39.5. The van der Waals surface area contributed by atoms with Crippen molar-refractivity contribution < 1.29 is 76.1 Å². The number of carbonyl (C=O) groups is 6. The van der Waals surface area contributed by atoms with Crippen molar-refractivity contribution in [3.63, 3.8) is 0 Å². The zero-order valence-electron chi connectivity index (χ0n) is 49.5. The Labute approximate surface area is 484 Å². The van der Waals surface area contributed by atoms with E-state index in [9.17, 15) is 28.8 Å². The van der Waals surface area contributed by atoms with Crippen molar-refractivity contribution in [2.75, 3.05) is 67.1 Å². The number of hydrogen-bond donors (Lipinski definition) is 0. The lowest BCUT2D eigenvalue weighted by Gasteiger charge is -2.25. The second-order valence-electron chi connectivity index (χ2n) is 20.6. The first kappa shape index (κ1) is 65.2. The van der Waals surface area contributed by atoms with E-state index in [0.29, 0.717) is 42.3 Å². The Balaban J connectivity index is 1.91. The molecule has 0 aromatic heterocycles. The molecule has 82 heavy (non-hydrogen) atoms. The van der Waals surface area contributed by atoms with Crippen molar-refractivity contribution in [1.29, 1.82) is 0 Å². The van der Waals surface area contributed by atoms with Crippen LogP contribution in [0.25, 0.3) is 0 Å². The third-order valence-electron chi connectivity index (χ3n) is 13.7. The molecule has 0 unspecified atom stereocenters. The molecule has 444 valence electrons. The van der Waals surface area contributed by atoms with Crippen LogP contribution >= 0.6 is 0 Å². The first-order valence-corrected chi connectivity index (χ1v) is 28.8. The van der Waals surface area contributed by atoms with Crippen molar-refractivity contribution in [2.24, 2.45) is 0 Å². The van der Waals surface area contributed by atoms with Crippen LogP contribution in [0.3, 0.4) is 0 Å². The number of rotatable bonds is 30. The molecule has 4 aromatic rings. The molecule has 0 N–H and O–H groups in total. The molecule has 0 atom stereocenters. The summed E-state index contributed by atoms with van der Waals surface area (Å²) in [5, 5.41) is 0. The van der Waals surface area contributed by atoms with Gasteiger partial charge in [0, 0.05) is 36.8 Å². The third kappa shape index (κ3) is 19.8. The second-order valence-corrected chi connectivity index (χ2v) is 20.6. The van der Waals surface area contributed by atoms with Crippen molar-refractivity contribution in [3.05, 3.63) is 140 Å². The van der Waals surface area contributed by atoms with Gasteiger partial charge in [-0.05, 0) is 132 Å². The molecular formula is C66H84O16. The van der Waals surface area contributed by atoms with Crippen LogP contribution < -0.4 is 18.9 Å². The number of benzene rings is 4. The minimum Gasteiger partial charge on any atom is -0.489 e. The highest BCUT2D eigenvalue weighted by Crippen LogP contribution is 2.42. The lowest BCUT2D eigenvalue weighted by molar-refractivity contribution is -0.166. The maximum Gasteiger partial charge on any atom is 0.417 e. The maximum atomic E-state index is 12.7. The van der Waals surface area contributed by atoms with Gasteiger partial charge in [-0.15, -0.1) is 0 Å². The van der Waals surface area contributed by atoms with E-state index in [-0.39, 0.29) is 70.4 Å². The average molecular weight is 1130 g/mol. The Kier molecular flexibility index (Phi) is 27.0. The Morgan fingerprint density at radius 2 is 0.549 bits per heavy atom. The van der Waals surface area contributed by atoms with Crippen molar-refractivity contribution in [2.45, 2.75) is 144 Å². The van der Waals surface area contributed by atoms with Gasteiger partial charge in [-0.2, -0.15) is 0 Å². The molecule has 0 aliphatic heterocycles. The topological polar surface area (TPSA) is 195 Å². The molecule has 5 rings (SSSR count). The highest BCUT2D eigenvalue weighted by Gasteiger charge is 2.26. The van der Waals surface area contributed by atoms with Gasteiger partial charge in [0.1, 0.15) is 75.9 Å². The van der Waals surface area contributed by atoms with Gasteiger partial charge in [0.15, 0.2) is 0 Å². The van der Waals surface area contributed by atoms with Crippen LogP contribution in [0.5, 0.6) is 23.0 Å². The number of unbranched alkanes of at least 4 members (excludes halogenated alkanes) is 4. The van der Waals surface area contributed by atoms with Gasteiger partial charge in [0.2, 0.25) is 0 Å². The summed E-state index contributed by atoms with van der Waals surface area (Å²) in [5.74, 6) is -3.32. The highest BCUT2D eigenvalue weighted by molar-refractivity contribution is 6.30. The van der Waals surface area contributed by atoms with E-state index in [1.807, 2.05) is 0 Å². The zero-order chi connectivity index (χ0) is 59.6. The summed E-state index contributed by atoms with van der Waals surface area (Å²) in [6.45, 7) is 18.5. The van der Waals surface area contributed by atoms with E-state index in [4.69, 9.17) is 37.9 Å². The number of methoxy groups -OCH3 is 2. The minimum atomic E-state index is -1.15. The second kappa shape index (κ2) is 34.0. The molecule has 16 heteroatoms. The largest absolute Gasteiger partial charge is 0.489 e. The summed E-state index contributed by atoms with van der Waals surface area (Å²) in [6.07, 6.45) is 11.8. The number of carbonyl (C=O) groups excluding carboxylic acids is 6. The van der Waals surface area contributed by atoms with Crippen LogP contribution in [0.4, 0.5) is 0 Å². The van der Waals surface area contributed by atoms with Gasteiger partial charge in [0.05, 0.1) is 14.2 Å². The SMILES string of the molecule is C=C(C)C(=O)OCCOc1c2cc(CCCC)cc1Cc1cc(CCCC)cc(c1OCCOC(=O)C(=O)OC)Cc1cc(CCCC)cc(c1OCCOC(=O)C(=O)OC)Cc1cc(CCCC)cc(c1OCCOC(=O)C(=C)C)C2. The van der Waals surface area contributed by atoms with Gasteiger partial charge in [-0.25, -0.2) is 28.8 Å². The van der Waals surface area contributed by atoms with Gasteiger partial charge >= 0.3 is 35.8 Å². The molecular weight excluding hydrogens is 1050 g/mol. The quantitative estimate of drug-likeness (QED) is 0.0138. The van der Waals surface area contributed by atoms with Crippen LogP contribution in [0.2, 0.25) is 0 Å². The Bertz CT molecular complexity index is 2690. The van der Waals surface area contributed by atoms with Crippen molar-refractivity contribution in [1.82, 2.24) is 0 Å². The molecule has 0 amide bonds. The van der Waals surface area contributed by atoms with E-state index in [1.165, 1.54) is 0 Å². The van der Waals surface area contributed by atoms with E-state index < -0.39 is 35.8 Å². The Morgan fingerprint density at radius 1 is 0.341 bits per heavy atom. The van der Waals surface area contributed by atoms with Crippen LogP contribution in [0, 0.1) is 0 Å². The van der Waals surface area contributed by atoms with Crippen LogP contribution in [-0.4, -0.2) is 103 Å².